The Morgan fingerprint density at radius 1 is 1.23 bits per heavy atom. The van der Waals surface area contributed by atoms with Crippen molar-refractivity contribution < 1.29 is 9.53 Å². The second-order valence-electron chi connectivity index (χ2n) is 6.24. The molecule has 3 aromatic rings. The molecule has 4 nitrogen and oxygen atoms in total. The van der Waals surface area contributed by atoms with E-state index in [-0.39, 0.29) is 5.91 Å². The van der Waals surface area contributed by atoms with Gasteiger partial charge in [-0.2, -0.15) is 0 Å². The van der Waals surface area contributed by atoms with Gasteiger partial charge >= 0.3 is 0 Å². The molecule has 1 aliphatic heterocycles. The third-order valence-electron chi connectivity index (χ3n) is 4.56. The number of carbonyl (C=O) groups is 1. The average molecular weight is 387 g/mol. The first kappa shape index (κ1) is 17.5. The van der Waals surface area contributed by atoms with Crippen LogP contribution in [0.15, 0.2) is 36.4 Å². The molecule has 3 heterocycles. The van der Waals surface area contributed by atoms with Crippen LogP contribution in [-0.2, 0) is 11.2 Å². The van der Waals surface area contributed by atoms with Crippen LogP contribution >= 0.6 is 22.9 Å². The van der Waals surface area contributed by atoms with Gasteiger partial charge in [0.05, 0.1) is 34.9 Å². The minimum absolute atomic E-state index is 0.0106. The van der Waals surface area contributed by atoms with Crippen LogP contribution in [0.4, 0.5) is 0 Å². The predicted octanol–water partition coefficient (Wildman–Crippen LogP) is 4.65. The number of ether oxygens (including phenoxy) is 1. The number of fused-ring (bicyclic) bond motifs is 1. The van der Waals surface area contributed by atoms with E-state index in [1.165, 1.54) is 4.88 Å². The number of pyridine rings is 1. The highest BCUT2D eigenvalue weighted by Crippen LogP contribution is 2.32. The summed E-state index contributed by atoms with van der Waals surface area (Å²) >= 11 is 7.91. The number of nitrogens with zero attached hydrogens (tertiary/aromatic N) is 2. The van der Waals surface area contributed by atoms with Gasteiger partial charge in [-0.1, -0.05) is 18.5 Å². The Morgan fingerprint density at radius 3 is 2.77 bits per heavy atom. The van der Waals surface area contributed by atoms with Crippen molar-refractivity contribution in [1.29, 1.82) is 0 Å². The molecular weight excluding hydrogens is 368 g/mol. The molecule has 2 aromatic heterocycles. The van der Waals surface area contributed by atoms with E-state index in [1.807, 2.05) is 29.2 Å². The Balaban J connectivity index is 1.85. The number of hydrogen-bond acceptors (Lipinski definition) is 4. The summed E-state index contributed by atoms with van der Waals surface area (Å²) < 4.78 is 5.37. The normalized spacial score (nSPS) is 14.8. The summed E-state index contributed by atoms with van der Waals surface area (Å²) in [5.74, 6) is 0.0106. The van der Waals surface area contributed by atoms with Gasteiger partial charge in [-0.05, 0) is 42.8 Å². The Kier molecular flexibility index (Phi) is 4.94. The summed E-state index contributed by atoms with van der Waals surface area (Å²) in [6.45, 7) is 4.51. The van der Waals surface area contributed by atoms with E-state index in [9.17, 15) is 4.79 Å². The van der Waals surface area contributed by atoms with Gasteiger partial charge in [0.1, 0.15) is 0 Å². The van der Waals surface area contributed by atoms with Crippen molar-refractivity contribution in [3.8, 4) is 10.6 Å². The van der Waals surface area contributed by atoms with Gasteiger partial charge in [-0.15, -0.1) is 11.3 Å². The molecule has 26 heavy (non-hydrogen) atoms. The topological polar surface area (TPSA) is 42.4 Å². The van der Waals surface area contributed by atoms with E-state index in [2.05, 4.69) is 19.1 Å². The fourth-order valence-electron chi connectivity index (χ4n) is 3.14. The number of benzene rings is 1. The maximum Gasteiger partial charge on any atom is 0.254 e. The third kappa shape index (κ3) is 3.34. The van der Waals surface area contributed by atoms with Crippen LogP contribution in [0.1, 0.15) is 22.2 Å². The molecule has 1 fully saturated rings. The number of rotatable bonds is 3. The molecular formula is C20H19ClN2O2S. The summed E-state index contributed by atoms with van der Waals surface area (Å²) in [5, 5.41) is 1.40. The Morgan fingerprint density at radius 2 is 2.04 bits per heavy atom. The van der Waals surface area contributed by atoms with Gasteiger partial charge < -0.3 is 9.64 Å². The van der Waals surface area contributed by atoms with Gasteiger partial charge in [0, 0.05) is 28.4 Å². The lowest BCUT2D eigenvalue weighted by Gasteiger charge is -2.27. The number of thiophene rings is 1. The third-order valence-corrected chi connectivity index (χ3v) is 6.05. The molecule has 0 unspecified atom stereocenters. The fraction of sp³-hybridized carbons (Fsp3) is 0.300. The van der Waals surface area contributed by atoms with Crippen LogP contribution in [0.2, 0.25) is 5.02 Å². The molecule has 134 valence electrons. The standard InChI is InChI=1S/C20H19ClN2O2S/c1-2-14-4-6-19(26-14)18-12-16(20(24)23-7-9-25-10-8-23)15-11-13(21)3-5-17(15)22-18/h3-6,11-12H,2,7-10H2,1H3. The van der Waals surface area contributed by atoms with Gasteiger partial charge in [0.25, 0.3) is 5.91 Å². The maximum atomic E-state index is 13.2. The van der Waals surface area contributed by atoms with Gasteiger partial charge in [0.15, 0.2) is 0 Å². The largest absolute Gasteiger partial charge is 0.378 e. The van der Waals surface area contributed by atoms with Crippen molar-refractivity contribution in [1.82, 2.24) is 9.88 Å². The molecule has 0 atom stereocenters. The number of aryl methyl sites for hydroxylation is 1. The lowest BCUT2D eigenvalue weighted by molar-refractivity contribution is 0.0304. The molecule has 1 saturated heterocycles. The van der Waals surface area contributed by atoms with Gasteiger partial charge in [0.2, 0.25) is 0 Å². The molecule has 0 spiro atoms. The van der Waals surface area contributed by atoms with Crippen molar-refractivity contribution >= 4 is 39.7 Å². The molecule has 0 saturated carbocycles. The maximum absolute atomic E-state index is 13.2. The highest BCUT2D eigenvalue weighted by atomic mass is 35.5. The molecule has 0 N–H and O–H groups in total. The van der Waals surface area contributed by atoms with Crippen LogP contribution in [0.5, 0.6) is 0 Å². The van der Waals surface area contributed by atoms with Crippen LogP contribution in [0, 0.1) is 0 Å². The lowest BCUT2D eigenvalue weighted by atomic mass is 10.1. The molecule has 0 aliphatic carbocycles. The van der Waals surface area contributed by atoms with Crippen molar-refractivity contribution in [3.63, 3.8) is 0 Å². The van der Waals surface area contributed by atoms with E-state index in [0.29, 0.717) is 36.9 Å². The minimum Gasteiger partial charge on any atom is -0.378 e. The fourth-order valence-corrected chi connectivity index (χ4v) is 4.22. The average Bonchev–Trinajstić information content (AvgIpc) is 3.16. The second kappa shape index (κ2) is 7.35. The smallest absolute Gasteiger partial charge is 0.254 e. The van der Waals surface area contributed by atoms with Gasteiger partial charge in [-0.3, -0.25) is 4.79 Å². The van der Waals surface area contributed by atoms with E-state index >= 15 is 0 Å². The van der Waals surface area contributed by atoms with Crippen LogP contribution in [0.3, 0.4) is 0 Å². The zero-order valence-electron chi connectivity index (χ0n) is 14.5. The number of morpholine rings is 1. The molecule has 1 aromatic carbocycles. The predicted molar refractivity (Wildman–Crippen MR) is 106 cm³/mol. The number of halogens is 1. The molecule has 6 heteroatoms. The Labute approximate surface area is 161 Å². The van der Waals surface area contributed by atoms with Gasteiger partial charge in [-0.25, -0.2) is 4.98 Å². The molecule has 1 aliphatic rings. The first-order valence-electron chi connectivity index (χ1n) is 8.72. The van der Waals surface area contributed by atoms with E-state index in [0.717, 1.165) is 27.9 Å². The summed E-state index contributed by atoms with van der Waals surface area (Å²) in [6, 6.07) is 11.6. The second-order valence-corrected chi connectivity index (χ2v) is 7.85. The number of carbonyl (C=O) groups excluding carboxylic acids is 1. The van der Waals surface area contributed by atoms with Crippen LogP contribution in [-0.4, -0.2) is 42.1 Å². The lowest BCUT2D eigenvalue weighted by Crippen LogP contribution is -2.40. The SMILES string of the molecule is CCc1ccc(-c2cc(C(=O)N3CCOCC3)c3cc(Cl)ccc3n2)s1. The monoisotopic (exact) mass is 386 g/mol. The van der Waals surface area contributed by atoms with Crippen molar-refractivity contribution in [3.05, 3.63) is 51.9 Å². The zero-order valence-corrected chi connectivity index (χ0v) is 16.1. The van der Waals surface area contributed by atoms with Crippen molar-refractivity contribution in [2.24, 2.45) is 0 Å². The molecule has 4 rings (SSSR count). The molecule has 0 bridgehead atoms. The van der Waals surface area contributed by atoms with Crippen molar-refractivity contribution in [2.75, 3.05) is 26.3 Å². The highest BCUT2D eigenvalue weighted by molar-refractivity contribution is 7.15. The first-order valence-corrected chi connectivity index (χ1v) is 9.91. The highest BCUT2D eigenvalue weighted by Gasteiger charge is 2.22. The summed E-state index contributed by atoms with van der Waals surface area (Å²) in [5.41, 5.74) is 2.27. The van der Waals surface area contributed by atoms with E-state index in [4.69, 9.17) is 21.3 Å². The van der Waals surface area contributed by atoms with Crippen LogP contribution in [0.25, 0.3) is 21.5 Å². The number of amides is 1. The quantitative estimate of drug-likeness (QED) is 0.657. The Bertz CT molecular complexity index is 964. The van der Waals surface area contributed by atoms with Crippen LogP contribution < -0.4 is 0 Å². The van der Waals surface area contributed by atoms with Crippen molar-refractivity contribution in [2.45, 2.75) is 13.3 Å². The summed E-state index contributed by atoms with van der Waals surface area (Å²) in [4.78, 5) is 22.2. The first-order chi connectivity index (χ1) is 12.7. The number of aromatic nitrogens is 1. The van der Waals surface area contributed by atoms with E-state index in [1.54, 1.807) is 11.3 Å². The van der Waals surface area contributed by atoms with E-state index < -0.39 is 0 Å². The number of hydrogen-bond donors (Lipinski definition) is 0. The molecule has 0 radical (unpaired) electrons. The Hall–Kier alpha value is -1.95. The minimum atomic E-state index is 0.0106. The summed E-state index contributed by atoms with van der Waals surface area (Å²) in [7, 11) is 0. The zero-order chi connectivity index (χ0) is 18.1. The molecule has 1 amide bonds. The summed E-state index contributed by atoms with van der Waals surface area (Å²) in [6.07, 6.45) is 0.993.